The summed E-state index contributed by atoms with van der Waals surface area (Å²) in [5.74, 6) is 0. The van der Waals surface area contributed by atoms with Crippen molar-refractivity contribution >= 4 is 36.3 Å². The Morgan fingerprint density at radius 3 is 2.25 bits per heavy atom. The molecule has 0 aliphatic carbocycles. The van der Waals surface area contributed by atoms with Gasteiger partial charge in [-0.3, -0.25) is 0 Å². The van der Waals surface area contributed by atoms with Gasteiger partial charge < -0.3 is 0 Å². The molecule has 0 atom stereocenters. The lowest BCUT2D eigenvalue weighted by atomic mass is 10.1. The topological polar surface area (TPSA) is 0 Å². The van der Waals surface area contributed by atoms with Crippen molar-refractivity contribution in [2.75, 3.05) is 0 Å². The Bertz CT molecular complexity index is 309. The van der Waals surface area contributed by atoms with Crippen molar-refractivity contribution in [2.45, 2.75) is 13.8 Å². The van der Waals surface area contributed by atoms with Crippen LogP contribution in [0.5, 0.6) is 0 Å². The van der Waals surface area contributed by atoms with Crippen LogP contribution in [-0.2, 0) is 0 Å². The van der Waals surface area contributed by atoms with E-state index in [0.29, 0.717) is 0 Å². The van der Waals surface area contributed by atoms with Crippen molar-refractivity contribution in [3.63, 3.8) is 0 Å². The summed E-state index contributed by atoms with van der Waals surface area (Å²) >= 11 is 6.98. The maximum absolute atomic E-state index is 3.53. The lowest BCUT2D eigenvalue weighted by molar-refractivity contribution is 1.44. The van der Waals surface area contributed by atoms with Gasteiger partial charge in [0, 0.05) is 8.96 Å². The fourth-order valence-electron chi connectivity index (χ4n) is 1.00. The summed E-state index contributed by atoms with van der Waals surface area (Å²) in [6, 6.07) is 8.29. The zero-order chi connectivity index (χ0) is 9.14. The molecule has 12 heavy (non-hydrogen) atoms. The van der Waals surface area contributed by atoms with Crippen LogP contribution in [0.3, 0.4) is 0 Å². The van der Waals surface area contributed by atoms with E-state index in [1.807, 2.05) is 19.1 Å². The second-order valence-electron chi connectivity index (χ2n) is 2.66. The van der Waals surface area contributed by atoms with Crippen LogP contribution in [0.2, 0.25) is 0 Å². The zero-order valence-electron chi connectivity index (χ0n) is 7.07. The third kappa shape index (κ3) is 2.20. The van der Waals surface area contributed by atoms with E-state index in [2.05, 4.69) is 50.9 Å². The van der Waals surface area contributed by atoms with Crippen LogP contribution in [-0.4, -0.2) is 0 Å². The van der Waals surface area contributed by atoms with Crippen molar-refractivity contribution in [1.82, 2.24) is 0 Å². The predicted octanol–water partition coefficient (Wildman–Crippen LogP) is 4.47. The number of aryl methyl sites for hydroxylation is 1. The van der Waals surface area contributed by atoms with Gasteiger partial charge in [-0.15, -0.1) is 0 Å². The fraction of sp³-hybridized carbons (Fsp3) is 0.200. The van der Waals surface area contributed by atoms with Crippen molar-refractivity contribution in [3.05, 3.63) is 39.9 Å². The van der Waals surface area contributed by atoms with E-state index in [0.717, 1.165) is 8.96 Å². The summed E-state index contributed by atoms with van der Waals surface area (Å²) in [6.45, 7) is 4.13. The van der Waals surface area contributed by atoms with E-state index in [4.69, 9.17) is 0 Å². The van der Waals surface area contributed by atoms with Gasteiger partial charge in [0.25, 0.3) is 0 Å². The first kappa shape index (κ1) is 10.0. The van der Waals surface area contributed by atoms with Gasteiger partial charge in [0.05, 0.1) is 0 Å². The molecule has 1 aromatic rings. The molecular formula is C10H10Br2. The maximum Gasteiger partial charge on any atom is 0.0348 e. The molecule has 0 amide bonds. The summed E-state index contributed by atoms with van der Waals surface area (Å²) in [5, 5.41) is 0. The molecule has 64 valence electrons. The molecular weight excluding hydrogens is 280 g/mol. The van der Waals surface area contributed by atoms with Crippen molar-refractivity contribution < 1.29 is 0 Å². The largest absolute Gasteiger partial charge is 0.0620 e. The van der Waals surface area contributed by atoms with E-state index >= 15 is 0 Å². The van der Waals surface area contributed by atoms with E-state index in [-0.39, 0.29) is 0 Å². The SMILES string of the molecule is CC(Br)=C(Br)c1ccccc1C. The van der Waals surface area contributed by atoms with Gasteiger partial charge in [-0.1, -0.05) is 40.2 Å². The molecule has 0 saturated heterocycles. The predicted molar refractivity (Wildman–Crippen MR) is 61.6 cm³/mol. The Kier molecular flexibility index (Phi) is 3.53. The number of rotatable bonds is 1. The van der Waals surface area contributed by atoms with E-state index < -0.39 is 0 Å². The number of benzene rings is 1. The quantitative estimate of drug-likeness (QED) is 0.715. The van der Waals surface area contributed by atoms with Gasteiger partial charge >= 0.3 is 0 Å². The number of hydrogen-bond acceptors (Lipinski definition) is 0. The number of halogens is 2. The van der Waals surface area contributed by atoms with Crippen LogP contribution < -0.4 is 0 Å². The molecule has 1 aromatic carbocycles. The third-order valence-corrected chi connectivity index (χ3v) is 3.63. The second-order valence-corrected chi connectivity index (χ2v) is 4.64. The molecule has 0 unspecified atom stereocenters. The molecule has 0 aliphatic rings. The lowest BCUT2D eigenvalue weighted by Crippen LogP contribution is -1.82. The molecule has 2 heteroatoms. The number of allylic oxidation sites excluding steroid dienone is 1. The Morgan fingerprint density at radius 1 is 1.17 bits per heavy atom. The van der Waals surface area contributed by atoms with E-state index in [1.54, 1.807) is 0 Å². The Labute approximate surface area is 89.9 Å². The highest BCUT2D eigenvalue weighted by atomic mass is 79.9. The Balaban J connectivity index is 3.21. The summed E-state index contributed by atoms with van der Waals surface area (Å²) < 4.78 is 2.25. The normalized spacial score (nSPS) is 12.7. The molecule has 0 spiro atoms. The number of hydrogen-bond donors (Lipinski definition) is 0. The molecule has 0 bridgehead atoms. The first-order chi connectivity index (χ1) is 5.63. The van der Waals surface area contributed by atoms with Crippen molar-refractivity contribution in [3.8, 4) is 0 Å². The fourth-order valence-corrected chi connectivity index (χ4v) is 1.66. The van der Waals surface area contributed by atoms with Crippen molar-refractivity contribution in [2.24, 2.45) is 0 Å². The van der Waals surface area contributed by atoms with Gasteiger partial charge in [-0.2, -0.15) is 0 Å². The van der Waals surface area contributed by atoms with Crippen LogP contribution in [0.4, 0.5) is 0 Å². The molecule has 0 heterocycles. The second kappa shape index (κ2) is 4.24. The highest BCUT2D eigenvalue weighted by Crippen LogP contribution is 2.29. The minimum absolute atomic E-state index is 1.12. The first-order valence-corrected chi connectivity index (χ1v) is 5.29. The summed E-state index contributed by atoms with van der Waals surface area (Å²) in [7, 11) is 0. The molecule has 0 nitrogen and oxygen atoms in total. The standard InChI is InChI=1S/C10H10Br2/c1-7-5-3-4-6-9(7)10(12)8(2)11/h3-6H,1-2H3. The zero-order valence-corrected chi connectivity index (χ0v) is 10.2. The molecule has 0 radical (unpaired) electrons. The van der Waals surface area contributed by atoms with Crippen LogP contribution in [0.1, 0.15) is 18.1 Å². The molecule has 0 aliphatic heterocycles. The highest BCUT2D eigenvalue weighted by molar-refractivity contribution is 9.16. The van der Waals surface area contributed by atoms with Gasteiger partial charge in [-0.05, 0) is 40.9 Å². The summed E-state index contributed by atoms with van der Waals surface area (Å²) in [5.41, 5.74) is 2.52. The Hall–Kier alpha value is -0.0800. The van der Waals surface area contributed by atoms with Gasteiger partial charge in [0.15, 0.2) is 0 Å². The minimum atomic E-state index is 1.12. The maximum atomic E-state index is 3.53. The smallest absolute Gasteiger partial charge is 0.0348 e. The van der Waals surface area contributed by atoms with E-state index in [1.165, 1.54) is 11.1 Å². The monoisotopic (exact) mass is 288 g/mol. The third-order valence-electron chi connectivity index (χ3n) is 1.68. The highest BCUT2D eigenvalue weighted by Gasteiger charge is 2.02. The molecule has 0 N–H and O–H groups in total. The summed E-state index contributed by atoms with van der Waals surface area (Å²) in [4.78, 5) is 0. The molecule has 0 aromatic heterocycles. The van der Waals surface area contributed by atoms with Crippen LogP contribution in [0.15, 0.2) is 28.7 Å². The Morgan fingerprint density at radius 2 is 1.75 bits per heavy atom. The average molecular weight is 290 g/mol. The van der Waals surface area contributed by atoms with Crippen LogP contribution >= 0.6 is 31.9 Å². The molecule has 0 fully saturated rings. The lowest BCUT2D eigenvalue weighted by Gasteiger charge is -2.04. The first-order valence-electron chi connectivity index (χ1n) is 3.71. The van der Waals surface area contributed by atoms with Gasteiger partial charge in [-0.25, -0.2) is 0 Å². The summed E-state index contributed by atoms with van der Waals surface area (Å²) in [6.07, 6.45) is 0. The average Bonchev–Trinajstić information content (AvgIpc) is 2.04. The van der Waals surface area contributed by atoms with Crippen molar-refractivity contribution in [1.29, 1.82) is 0 Å². The van der Waals surface area contributed by atoms with Crippen LogP contribution in [0.25, 0.3) is 4.48 Å². The van der Waals surface area contributed by atoms with Gasteiger partial charge in [0.2, 0.25) is 0 Å². The molecule has 0 saturated carbocycles. The van der Waals surface area contributed by atoms with Crippen LogP contribution in [0, 0.1) is 6.92 Å². The van der Waals surface area contributed by atoms with E-state index in [9.17, 15) is 0 Å². The molecule has 1 rings (SSSR count). The van der Waals surface area contributed by atoms with Gasteiger partial charge in [0.1, 0.15) is 0 Å². The minimum Gasteiger partial charge on any atom is -0.0620 e.